The lowest BCUT2D eigenvalue weighted by molar-refractivity contribution is 0.182. The van der Waals surface area contributed by atoms with E-state index in [-0.39, 0.29) is 24.0 Å². The zero-order valence-corrected chi connectivity index (χ0v) is 21.8. The molecule has 0 amide bonds. The van der Waals surface area contributed by atoms with Crippen LogP contribution in [-0.2, 0) is 11.5 Å². The van der Waals surface area contributed by atoms with E-state index in [1.165, 1.54) is 0 Å². The first-order valence-electron chi connectivity index (χ1n) is 12.2. The summed E-state index contributed by atoms with van der Waals surface area (Å²) in [6.07, 6.45) is 5.68. The first kappa shape index (κ1) is 23.7. The van der Waals surface area contributed by atoms with Crippen LogP contribution in [0.25, 0.3) is 10.9 Å². The Labute approximate surface area is 217 Å². The van der Waals surface area contributed by atoms with Crippen LogP contribution in [0.4, 0.5) is 16.9 Å². The zero-order valence-electron chi connectivity index (χ0n) is 20.2. The quantitative estimate of drug-likeness (QED) is 0.443. The Bertz CT molecular complexity index is 1290. The number of fused-ring (bicyclic) bond motifs is 3. The highest BCUT2D eigenvalue weighted by Crippen LogP contribution is 2.41. The van der Waals surface area contributed by atoms with E-state index in [9.17, 15) is 4.55 Å². The topological polar surface area (TPSA) is 125 Å². The molecule has 3 saturated heterocycles. The van der Waals surface area contributed by atoms with E-state index < -0.39 is 11.5 Å². The van der Waals surface area contributed by atoms with Gasteiger partial charge in [0, 0.05) is 28.6 Å². The number of thiazole rings is 1. The number of nitriles is 1. The van der Waals surface area contributed by atoms with Crippen LogP contribution in [-0.4, -0.2) is 66.4 Å². The molecule has 12 heteroatoms. The van der Waals surface area contributed by atoms with E-state index in [4.69, 9.17) is 20.0 Å². The summed E-state index contributed by atoms with van der Waals surface area (Å²) in [6, 6.07) is 8.74. The highest BCUT2D eigenvalue weighted by atomic mass is 32.2. The van der Waals surface area contributed by atoms with Gasteiger partial charge in [-0.3, -0.25) is 0 Å². The van der Waals surface area contributed by atoms with Gasteiger partial charge in [-0.15, -0.1) is 19.9 Å². The Morgan fingerprint density at radius 1 is 1.22 bits per heavy atom. The smallest absolute Gasteiger partial charge is 0.225 e. The molecule has 3 aliphatic rings. The average molecular weight is 525 g/mol. The molecule has 0 saturated carbocycles. The van der Waals surface area contributed by atoms with Gasteiger partial charge < -0.3 is 19.9 Å². The van der Waals surface area contributed by atoms with E-state index in [2.05, 4.69) is 26.0 Å². The highest BCUT2D eigenvalue weighted by Gasteiger charge is 2.51. The van der Waals surface area contributed by atoms with Crippen molar-refractivity contribution < 1.29 is 9.29 Å². The van der Waals surface area contributed by atoms with Gasteiger partial charge in [-0.25, -0.2) is 9.97 Å². The van der Waals surface area contributed by atoms with E-state index >= 15 is 0 Å². The van der Waals surface area contributed by atoms with Crippen molar-refractivity contribution in [3.05, 3.63) is 29.3 Å². The van der Waals surface area contributed by atoms with Gasteiger partial charge >= 0.3 is 0 Å². The molecular formula is C24H28N8O2S2. The second-order valence-electron chi connectivity index (χ2n) is 9.64. The van der Waals surface area contributed by atoms with Crippen LogP contribution in [0, 0.1) is 24.2 Å². The molecule has 5 heterocycles. The van der Waals surface area contributed by atoms with Crippen molar-refractivity contribution in [1.82, 2.24) is 23.6 Å². The minimum Gasteiger partial charge on any atom is -0.578 e. The maximum atomic E-state index is 13.2. The van der Waals surface area contributed by atoms with Crippen LogP contribution in [0.5, 0.6) is 5.75 Å². The lowest BCUT2D eigenvalue weighted by atomic mass is 10.00. The number of hydrogen-bond acceptors (Lipinski definition) is 11. The van der Waals surface area contributed by atoms with E-state index in [1.54, 1.807) is 18.4 Å². The van der Waals surface area contributed by atoms with Crippen molar-refractivity contribution in [2.24, 2.45) is 5.92 Å². The maximum Gasteiger partial charge on any atom is 0.225 e. The number of anilines is 3. The van der Waals surface area contributed by atoms with Crippen molar-refractivity contribution >= 4 is 50.7 Å². The summed E-state index contributed by atoms with van der Waals surface area (Å²) in [6.45, 7) is 3.23. The summed E-state index contributed by atoms with van der Waals surface area (Å²) in [4.78, 5) is 15.2. The number of nitrogens with one attached hydrogen (secondary N) is 2. The number of benzene rings is 1. The largest absolute Gasteiger partial charge is 0.578 e. The molecule has 3 aromatic rings. The summed E-state index contributed by atoms with van der Waals surface area (Å²) in [7, 11) is 1.65. The van der Waals surface area contributed by atoms with Gasteiger partial charge in [-0.2, -0.15) is 10.2 Å². The van der Waals surface area contributed by atoms with Crippen LogP contribution in [0.2, 0.25) is 0 Å². The third-order valence-electron chi connectivity index (χ3n) is 7.18. The molecule has 10 nitrogen and oxygen atoms in total. The van der Waals surface area contributed by atoms with Gasteiger partial charge in [0.15, 0.2) is 5.13 Å². The van der Waals surface area contributed by atoms with Crippen molar-refractivity contribution in [3.8, 4) is 11.8 Å². The molecule has 1 aromatic carbocycles. The first-order valence-corrected chi connectivity index (χ1v) is 14.1. The fourth-order valence-corrected chi connectivity index (χ4v) is 7.82. The maximum absolute atomic E-state index is 13.2. The van der Waals surface area contributed by atoms with Crippen LogP contribution in [0.3, 0.4) is 0 Å². The normalized spacial score (nSPS) is 25.3. The van der Waals surface area contributed by atoms with Gasteiger partial charge in [0.05, 0.1) is 49.8 Å². The lowest BCUT2D eigenvalue weighted by Crippen LogP contribution is -2.59. The molecule has 6 rings (SSSR count). The summed E-state index contributed by atoms with van der Waals surface area (Å²) >= 11 is 0.413. The second kappa shape index (κ2) is 9.64. The van der Waals surface area contributed by atoms with E-state index in [1.807, 2.05) is 35.6 Å². The van der Waals surface area contributed by atoms with Crippen LogP contribution in [0.1, 0.15) is 30.6 Å². The van der Waals surface area contributed by atoms with E-state index in [0.29, 0.717) is 24.9 Å². The third-order valence-corrected chi connectivity index (χ3v) is 9.71. The molecule has 3 fully saturated rings. The number of aromatic nitrogens is 3. The van der Waals surface area contributed by atoms with E-state index in [0.717, 1.165) is 52.3 Å². The summed E-state index contributed by atoms with van der Waals surface area (Å²) in [5.41, 5.74) is 0.786. The minimum absolute atomic E-state index is 0.00517. The predicted molar refractivity (Wildman–Crippen MR) is 140 cm³/mol. The third kappa shape index (κ3) is 4.46. The van der Waals surface area contributed by atoms with Gasteiger partial charge in [-0.1, -0.05) is 0 Å². The lowest BCUT2D eigenvalue weighted by Gasteiger charge is -2.43. The van der Waals surface area contributed by atoms with Gasteiger partial charge in [0.2, 0.25) is 5.95 Å². The summed E-state index contributed by atoms with van der Waals surface area (Å²) in [5.74, 6) is 2.00. The summed E-state index contributed by atoms with van der Waals surface area (Å²) < 4.78 is 22.7. The summed E-state index contributed by atoms with van der Waals surface area (Å²) in [5, 5.41) is 17.7. The van der Waals surface area contributed by atoms with Gasteiger partial charge in [0.25, 0.3) is 0 Å². The number of ether oxygens (including phenoxy) is 1. The van der Waals surface area contributed by atoms with Gasteiger partial charge in [0.1, 0.15) is 23.1 Å². The number of aryl methyl sites for hydroxylation is 1. The monoisotopic (exact) mass is 524 g/mol. The SMILES string of the molecule is COc1ccc2c(Nc3ncc(C)s3)nc(NC3CC4CCC(C3)N4[S+]([O-])N3CC(C#N)C3)nc2c1. The van der Waals surface area contributed by atoms with Crippen molar-refractivity contribution in [1.29, 1.82) is 5.26 Å². The molecule has 0 radical (unpaired) electrons. The number of nitrogens with zero attached hydrogens (tertiary/aromatic N) is 6. The molecule has 2 bridgehead atoms. The molecule has 2 N–H and O–H groups in total. The number of hydrogen-bond donors (Lipinski definition) is 2. The van der Waals surface area contributed by atoms with Crippen molar-refractivity contribution in [2.75, 3.05) is 30.8 Å². The Balaban J connectivity index is 1.21. The average Bonchev–Trinajstić information content (AvgIpc) is 3.37. The number of methoxy groups -OCH3 is 1. The Morgan fingerprint density at radius 3 is 2.67 bits per heavy atom. The molecule has 3 aliphatic heterocycles. The van der Waals surface area contributed by atoms with Crippen molar-refractivity contribution in [3.63, 3.8) is 0 Å². The van der Waals surface area contributed by atoms with Crippen LogP contribution < -0.4 is 15.4 Å². The number of rotatable bonds is 7. The van der Waals surface area contributed by atoms with Crippen LogP contribution >= 0.6 is 11.3 Å². The molecule has 3 atom stereocenters. The molecule has 0 aliphatic carbocycles. The van der Waals surface area contributed by atoms with Crippen LogP contribution in [0.15, 0.2) is 24.4 Å². The molecule has 3 unspecified atom stereocenters. The Hall–Kier alpha value is -2.69. The molecule has 2 aromatic heterocycles. The highest BCUT2D eigenvalue weighted by molar-refractivity contribution is 7.86. The second-order valence-corrected chi connectivity index (χ2v) is 12.3. The number of piperidine rings is 1. The Morgan fingerprint density at radius 2 is 2.00 bits per heavy atom. The first-order chi connectivity index (χ1) is 17.5. The minimum atomic E-state index is -1.17. The molecule has 188 valence electrons. The fourth-order valence-electron chi connectivity index (χ4n) is 5.38. The predicted octanol–water partition coefficient (Wildman–Crippen LogP) is 3.59. The molecule has 36 heavy (non-hydrogen) atoms. The molecular weight excluding hydrogens is 496 g/mol. The standard InChI is InChI=1S/C24H28N8O2S2/c1-14-11-26-24(35-14)30-22-20-6-5-19(34-2)9-21(20)28-23(29-22)27-16-7-17-3-4-18(8-16)32(17)36(33)31-12-15(10-25)13-31/h5-6,9,11,15-18H,3-4,7-8,12-13H2,1-2H3,(H2,26,27,28,29,30). The Kier molecular flexibility index (Phi) is 6.35. The molecule has 0 spiro atoms. The fraction of sp³-hybridized carbons (Fsp3) is 0.500. The van der Waals surface area contributed by atoms with Crippen molar-refractivity contribution in [2.45, 2.75) is 50.7 Å². The zero-order chi connectivity index (χ0) is 24.8. The van der Waals surface area contributed by atoms with Gasteiger partial charge in [-0.05, 0) is 44.7 Å².